The van der Waals surface area contributed by atoms with Crippen molar-refractivity contribution in [1.29, 1.82) is 0 Å². The molecule has 1 aromatic heterocycles. The molecule has 0 aliphatic rings. The lowest BCUT2D eigenvalue weighted by Gasteiger charge is -2.11. The summed E-state index contributed by atoms with van der Waals surface area (Å²) in [6.45, 7) is 5.99. The SMILES string of the molecule is Cc1cccc(C)c1Cn1cc(CCN)c2ccccc21. The molecule has 1 heterocycles. The predicted octanol–water partition coefficient (Wildman–Crippen LogP) is 3.81. The third kappa shape index (κ3) is 2.59. The van der Waals surface area contributed by atoms with E-state index < -0.39 is 0 Å². The van der Waals surface area contributed by atoms with Crippen LogP contribution in [0.3, 0.4) is 0 Å². The Morgan fingerprint density at radius 1 is 0.952 bits per heavy atom. The van der Waals surface area contributed by atoms with Gasteiger partial charge in [-0.15, -0.1) is 0 Å². The van der Waals surface area contributed by atoms with Crippen LogP contribution in [0, 0.1) is 13.8 Å². The summed E-state index contributed by atoms with van der Waals surface area (Å²) in [7, 11) is 0. The molecule has 0 aliphatic heterocycles. The van der Waals surface area contributed by atoms with Gasteiger partial charge in [0.1, 0.15) is 0 Å². The number of benzene rings is 2. The van der Waals surface area contributed by atoms with Gasteiger partial charge in [0, 0.05) is 23.6 Å². The molecule has 0 aliphatic carbocycles. The van der Waals surface area contributed by atoms with Crippen molar-refractivity contribution in [2.45, 2.75) is 26.8 Å². The van der Waals surface area contributed by atoms with Gasteiger partial charge < -0.3 is 10.3 Å². The zero-order chi connectivity index (χ0) is 14.8. The molecule has 0 unspecified atom stereocenters. The molecule has 0 atom stereocenters. The largest absolute Gasteiger partial charge is 0.343 e. The van der Waals surface area contributed by atoms with Crippen molar-refractivity contribution in [2.75, 3.05) is 6.54 Å². The zero-order valence-corrected chi connectivity index (χ0v) is 12.8. The maximum Gasteiger partial charge on any atom is 0.0486 e. The molecule has 2 aromatic carbocycles. The number of aryl methyl sites for hydroxylation is 2. The Labute approximate surface area is 126 Å². The van der Waals surface area contributed by atoms with Crippen LogP contribution in [-0.4, -0.2) is 11.1 Å². The zero-order valence-electron chi connectivity index (χ0n) is 12.8. The molecule has 2 N–H and O–H groups in total. The van der Waals surface area contributed by atoms with E-state index in [9.17, 15) is 0 Å². The summed E-state index contributed by atoms with van der Waals surface area (Å²) in [4.78, 5) is 0. The molecule has 0 amide bonds. The number of para-hydroxylation sites is 1. The monoisotopic (exact) mass is 278 g/mol. The van der Waals surface area contributed by atoms with Crippen LogP contribution in [0.1, 0.15) is 22.3 Å². The van der Waals surface area contributed by atoms with Gasteiger partial charge in [-0.2, -0.15) is 0 Å². The van der Waals surface area contributed by atoms with Gasteiger partial charge in [0.25, 0.3) is 0 Å². The second kappa shape index (κ2) is 5.74. The topological polar surface area (TPSA) is 30.9 Å². The number of nitrogens with two attached hydrogens (primary N) is 1. The smallest absolute Gasteiger partial charge is 0.0486 e. The van der Waals surface area contributed by atoms with Gasteiger partial charge in [-0.25, -0.2) is 0 Å². The molecule has 0 radical (unpaired) electrons. The minimum absolute atomic E-state index is 0.692. The Balaban J connectivity index is 2.09. The van der Waals surface area contributed by atoms with Crippen LogP contribution in [0.2, 0.25) is 0 Å². The molecule has 3 aromatic rings. The fourth-order valence-electron chi connectivity index (χ4n) is 3.08. The maximum atomic E-state index is 5.75. The van der Waals surface area contributed by atoms with Crippen molar-refractivity contribution < 1.29 is 0 Å². The molecule has 108 valence electrons. The van der Waals surface area contributed by atoms with Crippen LogP contribution in [0.4, 0.5) is 0 Å². The van der Waals surface area contributed by atoms with E-state index in [4.69, 9.17) is 5.73 Å². The van der Waals surface area contributed by atoms with Crippen molar-refractivity contribution in [3.63, 3.8) is 0 Å². The minimum atomic E-state index is 0.692. The van der Waals surface area contributed by atoms with E-state index in [0.717, 1.165) is 13.0 Å². The van der Waals surface area contributed by atoms with Crippen LogP contribution in [0.25, 0.3) is 10.9 Å². The Bertz CT molecular complexity index is 748. The summed E-state index contributed by atoms with van der Waals surface area (Å²) in [6.07, 6.45) is 3.20. The Hall–Kier alpha value is -2.06. The lowest BCUT2D eigenvalue weighted by molar-refractivity contribution is 0.815. The standard InChI is InChI=1S/C19H22N2/c1-14-6-5-7-15(2)18(14)13-21-12-16(10-11-20)17-8-3-4-9-19(17)21/h3-9,12H,10-11,13,20H2,1-2H3. The molecule has 2 nitrogen and oxygen atoms in total. The summed E-state index contributed by atoms with van der Waals surface area (Å²) in [5.74, 6) is 0. The molecule has 21 heavy (non-hydrogen) atoms. The van der Waals surface area contributed by atoms with Gasteiger partial charge in [-0.1, -0.05) is 36.4 Å². The average Bonchev–Trinajstić information content (AvgIpc) is 2.82. The van der Waals surface area contributed by atoms with E-state index in [0.29, 0.717) is 6.54 Å². The number of hydrogen-bond acceptors (Lipinski definition) is 1. The van der Waals surface area contributed by atoms with Gasteiger partial charge in [0.15, 0.2) is 0 Å². The van der Waals surface area contributed by atoms with Crippen molar-refractivity contribution in [1.82, 2.24) is 4.57 Å². The van der Waals surface area contributed by atoms with Gasteiger partial charge in [-0.3, -0.25) is 0 Å². The summed E-state index contributed by atoms with van der Waals surface area (Å²) in [5, 5.41) is 1.33. The first-order valence-corrected chi connectivity index (χ1v) is 7.52. The van der Waals surface area contributed by atoms with Gasteiger partial charge in [-0.05, 0) is 55.1 Å². The maximum absolute atomic E-state index is 5.75. The predicted molar refractivity (Wildman–Crippen MR) is 89.7 cm³/mol. The Morgan fingerprint density at radius 2 is 1.67 bits per heavy atom. The van der Waals surface area contributed by atoms with Crippen LogP contribution in [0.15, 0.2) is 48.7 Å². The van der Waals surface area contributed by atoms with Crippen LogP contribution in [0.5, 0.6) is 0 Å². The third-order valence-electron chi connectivity index (χ3n) is 4.26. The summed E-state index contributed by atoms with van der Waals surface area (Å²) >= 11 is 0. The van der Waals surface area contributed by atoms with E-state index in [1.165, 1.54) is 33.2 Å². The van der Waals surface area contributed by atoms with Gasteiger partial charge in [0.2, 0.25) is 0 Å². The lowest BCUT2D eigenvalue weighted by Crippen LogP contribution is -2.03. The Morgan fingerprint density at radius 3 is 2.38 bits per heavy atom. The second-order valence-electron chi connectivity index (χ2n) is 5.71. The van der Waals surface area contributed by atoms with Crippen molar-refractivity contribution in [2.24, 2.45) is 5.73 Å². The minimum Gasteiger partial charge on any atom is -0.343 e. The lowest BCUT2D eigenvalue weighted by atomic mass is 10.0. The highest BCUT2D eigenvalue weighted by Gasteiger charge is 2.09. The number of rotatable bonds is 4. The van der Waals surface area contributed by atoms with E-state index >= 15 is 0 Å². The second-order valence-corrected chi connectivity index (χ2v) is 5.71. The van der Waals surface area contributed by atoms with Crippen molar-refractivity contribution >= 4 is 10.9 Å². The average molecular weight is 278 g/mol. The first-order chi connectivity index (χ1) is 10.2. The van der Waals surface area contributed by atoms with Crippen molar-refractivity contribution in [3.05, 3.63) is 70.9 Å². The highest BCUT2D eigenvalue weighted by atomic mass is 15.0. The summed E-state index contributed by atoms with van der Waals surface area (Å²) in [6, 6.07) is 15.1. The molecule has 0 fully saturated rings. The fourth-order valence-corrected chi connectivity index (χ4v) is 3.08. The first-order valence-electron chi connectivity index (χ1n) is 7.52. The quantitative estimate of drug-likeness (QED) is 0.773. The van der Waals surface area contributed by atoms with E-state index in [-0.39, 0.29) is 0 Å². The number of aromatic nitrogens is 1. The van der Waals surface area contributed by atoms with Crippen LogP contribution in [-0.2, 0) is 13.0 Å². The van der Waals surface area contributed by atoms with Gasteiger partial charge in [0.05, 0.1) is 0 Å². The third-order valence-corrected chi connectivity index (χ3v) is 4.26. The molecule has 0 bridgehead atoms. The molecule has 2 heteroatoms. The van der Waals surface area contributed by atoms with E-state index in [1.807, 2.05) is 0 Å². The highest BCUT2D eigenvalue weighted by Crippen LogP contribution is 2.24. The van der Waals surface area contributed by atoms with E-state index in [2.05, 4.69) is 67.1 Å². The number of fused-ring (bicyclic) bond motifs is 1. The molecule has 0 saturated carbocycles. The van der Waals surface area contributed by atoms with E-state index in [1.54, 1.807) is 0 Å². The first kappa shape index (κ1) is 13.9. The Kier molecular flexibility index (Phi) is 3.80. The fraction of sp³-hybridized carbons (Fsp3) is 0.263. The molecule has 0 spiro atoms. The molecular weight excluding hydrogens is 256 g/mol. The number of nitrogens with zero attached hydrogens (tertiary/aromatic N) is 1. The van der Waals surface area contributed by atoms with Crippen LogP contribution >= 0.6 is 0 Å². The molecule has 0 saturated heterocycles. The van der Waals surface area contributed by atoms with Crippen LogP contribution < -0.4 is 5.73 Å². The van der Waals surface area contributed by atoms with Crippen molar-refractivity contribution in [3.8, 4) is 0 Å². The summed E-state index contributed by atoms with van der Waals surface area (Å²) in [5.41, 5.74) is 12.5. The molecular formula is C19H22N2. The van der Waals surface area contributed by atoms with Gasteiger partial charge >= 0.3 is 0 Å². The highest BCUT2D eigenvalue weighted by molar-refractivity contribution is 5.84. The normalized spacial score (nSPS) is 11.2. The summed E-state index contributed by atoms with van der Waals surface area (Å²) < 4.78 is 2.36. The number of hydrogen-bond donors (Lipinski definition) is 1. The molecule has 3 rings (SSSR count).